The van der Waals surface area contributed by atoms with Gasteiger partial charge in [-0.15, -0.1) is 0 Å². The zero-order valence-corrected chi connectivity index (χ0v) is 30.0. The van der Waals surface area contributed by atoms with E-state index in [9.17, 15) is 17.6 Å². The van der Waals surface area contributed by atoms with Gasteiger partial charge in [0, 0.05) is 39.2 Å². The van der Waals surface area contributed by atoms with Crippen LogP contribution in [0.2, 0.25) is 25.7 Å². The summed E-state index contributed by atoms with van der Waals surface area (Å²) in [6, 6.07) is 25.2. The molecule has 49 heavy (non-hydrogen) atoms. The molecule has 0 amide bonds. The van der Waals surface area contributed by atoms with Crippen molar-refractivity contribution in [2.45, 2.75) is 50.9 Å². The van der Waals surface area contributed by atoms with E-state index in [0.29, 0.717) is 12.2 Å². The molecule has 0 aliphatic carbocycles. The number of carbonyl (C=O) groups excluding carboxylic acids is 1. The summed E-state index contributed by atoms with van der Waals surface area (Å²) in [5.74, 6) is -1.97. The average Bonchev–Trinajstić information content (AvgIpc) is 3.52. The monoisotopic (exact) mass is 706 g/mol. The Morgan fingerprint density at radius 2 is 1.63 bits per heavy atom. The number of imidazole rings is 1. The SMILES string of the molecule is C[Si](C)(C)CCOCN/C=C(/OCc1ccccc1)C(=O)C(=N)c1nccn1C[C@H](OS(C)(=O)=O)[C@H](c1ccccc1)c1ccc(F)cc1. The number of ether oxygens (including phenoxy) is 2. The summed E-state index contributed by atoms with van der Waals surface area (Å²) < 4.78 is 57.8. The molecule has 0 saturated carbocycles. The maximum Gasteiger partial charge on any atom is 0.264 e. The lowest BCUT2D eigenvalue weighted by Crippen LogP contribution is -2.32. The van der Waals surface area contributed by atoms with Gasteiger partial charge >= 0.3 is 0 Å². The molecule has 0 aliphatic rings. The second-order valence-electron chi connectivity index (χ2n) is 12.7. The number of Topliss-reactive ketones (excluding diaryl/α,β-unsaturated/α-hetero) is 1. The van der Waals surface area contributed by atoms with E-state index in [1.807, 2.05) is 60.7 Å². The van der Waals surface area contributed by atoms with E-state index >= 15 is 0 Å². The van der Waals surface area contributed by atoms with Crippen LogP contribution in [-0.4, -0.2) is 63.2 Å². The molecule has 4 aromatic rings. The molecular formula is C36H43FN4O6SSi. The van der Waals surface area contributed by atoms with E-state index < -0.39 is 47.5 Å². The lowest BCUT2D eigenvalue weighted by molar-refractivity contribution is -0.113. The van der Waals surface area contributed by atoms with Crippen molar-refractivity contribution in [3.63, 3.8) is 0 Å². The Balaban J connectivity index is 1.61. The minimum Gasteiger partial charge on any atom is -0.483 e. The highest BCUT2D eigenvalue weighted by Gasteiger charge is 2.31. The first-order valence-electron chi connectivity index (χ1n) is 15.8. The van der Waals surface area contributed by atoms with Crippen molar-refractivity contribution in [2.24, 2.45) is 0 Å². The third-order valence-electron chi connectivity index (χ3n) is 7.48. The van der Waals surface area contributed by atoms with Gasteiger partial charge in [-0.25, -0.2) is 9.37 Å². The molecule has 0 fully saturated rings. The molecule has 1 aromatic heterocycles. The summed E-state index contributed by atoms with van der Waals surface area (Å²) in [6.07, 6.45) is 4.25. The number of aromatic nitrogens is 2. The van der Waals surface area contributed by atoms with Crippen LogP contribution in [0.3, 0.4) is 0 Å². The fraction of sp³-hybridized carbons (Fsp3) is 0.306. The Hall–Kier alpha value is -4.43. The number of hydrogen-bond donors (Lipinski definition) is 2. The second kappa shape index (κ2) is 17.3. The van der Waals surface area contributed by atoms with Crippen molar-refractivity contribution in [3.8, 4) is 0 Å². The first kappa shape index (κ1) is 37.4. The molecule has 0 aliphatic heterocycles. The molecule has 0 saturated heterocycles. The van der Waals surface area contributed by atoms with Crippen LogP contribution in [0.25, 0.3) is 0 Å². The van der Waals surface area contributed by atoms with Crippen LogP contribution in [-0.2, 0) is 41.7 Å². The summed E-state index contributed by atoms with van der Waals surface area (Å²) in [7, 11) is -5.27. The van der Waals surface area contributed by atoms with Crippen LogP contribution >= 0.6 is 0 Å². The zero-order valence-electron chi connectivity index (χ0n) is 28.1. The van der Waals surface area contributed by atoms with E-state index in [2.05, 4.69) is 29.9 Å². The Bertz CT molecular complexity index is 1810. The molecular weight excluding hydrogens is 664 g/mol. The van der Waals surface area contributed by atoms with Gasteiger partial charge in [0.15, 0.2) is 11.6 Å². The van der Waals surface area contributed by atoms with Gasteiger partial charge in [0.05, 0.1) is 12.8 Å². The number of nitrogens with one attached hydrogen (secondary N) is 2. The van der Waals surface area contributed by atoms with Crippen molar-refractivity contribution in [1.82, 2.24) is 14.9 Å². The normalized spacial score (nSPS) is 13.4. The molecule has 10 nitrogen and oxygen atoms in total. The highest BCUT2D eigenvalue weighted by molar-refractivity contribution is 7.86. The number of rotatable bonds is 19. The average molecular weight is 707 g/mol. The predicted molar refractivity (Wildman–Crippen MR) is 190 cm³/mol. The number of carbonyl (C=O) groups is 1. The Morgan fingerprint density at radius 1 is 1.00 bits per heavy atom. The number of ketones is 1. The molecule has 2 N–H and O–H groups in total. The molecule has 2 atom stereocenters. The van der Waals surface area contributed by atoms with Gasteiger partial charge in [0.25, 0.3) is 10.1 Å². The minimum absolute atomic E-state index is 0.0152. The quantitative estimate of drug-likeness (QED) is 0.0228. The number of allylic oxidation sites excluding steroid dienone is 1. The molecule has 0 bridgehead atoms. The first-order valence-corrected chi connectivity index (χ1v) is 21.3. The number of hydrogen-bond acceptors (Lipinski definition) is 9. The van der Waals surface area contributed by atoms with Crippen molar-refractivity contribution < 1.29 is 31.3 Å². The molecule has 13 heteroatoms. The lowest BCUT2D eigenvalue weighted by atomic mass is 9.86. The maximum absolute atomic E-state index is 13.9. The highest BCUT2D eigenvalue weighted by Crippen LogP contribution is 2.32. The summed E-state index contributed by atoms with van der Waals surface area (Å²) >= 11 is 0. The van der Waals surface area contributed by atoms with Crippen molar-refractivity contribution in [1.29, 1.82) is 5.41 Å². The van der Waals surface area contributed by atoms with Gasteiger partial charge in [-0.1, -0.05) is 92.4 Å². The first-order chi connectivity index (χ1) is 23.3. The number of nitrogens with zero attached hydrogens (tertiary/aromatic N) is 2. The van der Waals surface area contributed by atoms with Crippen LogP contribution in [0.1, 0.15) is 28.4 Å². The zero-order chi connectivity index (χ0) is 35.4. The third kappa shape index (κ3) is 11.9. The molecule has 4 rings (SSSR count). The summed E-state index contributed by atoms with van der Waals surface area (Å²) in [6.45, 7) is 7.47. The predicted octanol–water partition coefficient (Wildman–Crippen LogP) is 6.10. The fourth-order valence-corrected chi connectivity index (χ4v) is 6.40. The van der Waals surface area contributed by atoms with Gasteiger partial charge < -0.3 is 19.4 Å². The van der Waals surface area contributed by atoms with Gasteiger partial charge in [-0.2, -0.15) is 8.42 Å². The Morgan fingerprint density at radius 3 is 2.27 bits per heavy atom. The van der Waals surface area contributed by atoms with E-state index in [4.69, 9.17) is 19.1 Å². The molecule has 0 radical (unpaired) electrons. The van der Waals surface area contributed by atoms with Crippen LogP contribution in [0.15, 0.2) is 109 Å². The summed E-state index contributed by atoms with van der Waals surface area (Å²) in [5.41, 5.74) is 1.70. The van der Waals surface area contributed by atoms with E-state index in [1.54, 1.807) is 18.3 Å². The number of benzene rings is 3. The highest BCUT2D eigenvalue weighted by atomic mass is 32.2. The molecule has 260 valence electrons. The van der Waals surface area contributed by atoms with E-state index in [0.717, 1.165) is 23.4 Å². The van der Waals surface area contributed by atoms with Crippen molar-refractivity contribution in [2.75, 3.05) is 19.6 Å². The van der Waals surface area contributed by atoms with Crippen molar-refractivity contribution in [3.05, 3.63) is 138 Å². The fourth-order valence-electron chi connectivity index (χ4n) is 5.02. The molecule has 0 spiro atoms. The van der Waals surface area contributed by atoms with Gasteiger partial charge in [0.1, 0.15) is 31.0 Å². The minimum atomic E-state index is -3.99. The van der Waals surface area contributed by atoms with Crippen LogP contribution in [0.5, 0.6) is 0 Å². The lowest BCUT2D eigenvalue weighted by Gasteiger charge is -2.28. The second-order valence-corrected chi connectivity index (χ2v) is 20.0. The third-order valence-corrected chi connectivity index (χ3v) is 9.78. The molecule has 0 unspecified atom stereocenters. The Labute approximate surface area is 288 Å². The maximum atomic E-state index is 13.9. The topological polar surface area (TPSA) is 133 Å². The largest absolute Gasteiger partial charge is 0.483 e. The van der Waals surface area contributed by atoms with E-state index in [-0.39, 0.29) is 31.5 Å². The van der Waals surface area contributed by atoms with Crippen LogP contribution < -0.4 is 5.32 Å². The van der Waals surface area contributed by atoms with Gasteiger partial charge in [-0.3, -0.25) is 14.4 Å². The van der Waals surface area contributed by atoms with Crippen molar-refractivity contribution >= 4 is 29.7 Å². The van der Waals surface area contributed by atoms with Gasteiger partial charge in [0.2, 0.25) is 5.78 Å². The smallest absolute Gasteiger partial charge is 0.264 e. The van der Waals surface area contributed by atoms with Gasteiger partial charge in [-0.05, 0) is 34.9 Å². The van der Waals surface area contributed by atoms with Crippen LogP contribution in [0, 0.1) is 11.2 Å². The van der Waals surface area contributed by atoms with Crippen LogP contribution in [0.4, 0.5) is 4.39 Å². The molecule has 1 heterocycles. The summed E-state index contributed by atoms with van der Waals surface area (Å²) in [4.78, 5) is 18.1. The molecule has 3 aromatic carbocycles. The van der Waals surface area contributed by atoms with E-state index in [1.165, 1.54) is 29.1 Å². The number of halogens is 1. The summed E-state index contributed by atoms with van der Waals surface area (Å²) in [5, 5.41) is 11.9. The standard InChI is InChI=1S/C36H43FN4O6SSi/c1-48(43,44)47-32(33(28-13-9-6-10-14-28)29-15-17-30(37)18-16-29)24-41-20-19-40-36(41)34(38)35(42)31(46-25-27-11-7-5-8-12-27)23-39-26-45-21-22-49(2,3)4/h5-20,23,32-33,38-39H,21-22,24-26H2,1-4H3/b31-23+,38-34?/t32-,33+/m0/s1. The Kier molecular flexibility index (Phi) is 13.2.